The van der Waals surface area contributed by atoms with E-state index in [-0.39, 0.29) is 24.0 Å². The van der Waals surface area contributed by atoms with Crippen LogP contribution in [0.15, 0.2) is 17.4 Å². The molecule has 0 aromatic carbocycles. The molecule has 2 N–H and O–H groups in total. The van der Waals surface area contributed by atoms with Gasteiger partial charge < -0.3 is 10.6 Å². The van der Waals surface area contributed by atoms with Gasteiger partial charge in [0, 0.05) is 30.2 Å². The average molecular weight is 434 g/mol. The van der Waals surface area contributed by atoms with Crippen LogP contribution in [-0.4, -0.2) is 27.3 Å². The largest absolute Gasteiger partial charge is 0.357 e. The number of nitrogens with one attached hydrogen (secondary N) is 2. The van der Waals surface area contributed by atoms with Gasteiger partial charge in [0.2, 0.25) is 0 Å². The summed E-state index contributed by atoms with van der Waals surface area (Å²) in [6.07, 6.45) is 3.81. The van der Waals surface area contributed by atoms with Gasteiger partial charge in [-0.05, 0) is 20.8 Å². The van der Waals surface area contributed by atoms with E-state index >= 15 is 0 Å². The zero-order valence-electron chi connectivity index (χ0n) is 13.4. The van der Waals surface area contributed by atoms with Crippen molar-refractivity contribution in [1.29, 1.82) is 0 Å². The van der Waals surface area contributed by atoms with Gasteiger partial charge in [0.15, 0.2) is 5.96 Å². The number of hydrogen-bond acceptors (Lipinski definition) is 4. The second kappa shape index (κ2) is 9.09. The zero-order chi connectivity index (χ0) is 15.2. The van der Waals surface area contributed by atoms with Gasteiger partial charge in [0.25, 0.3) is 0 Å². The van der Waals surface area contributed by atoms with E-state index in [1.807, 2.05) is 26.4 Å². The third-order valence-corrected chi connectivity index (χ3v) is 4.08. The van der Waals surface area contributed by atoms with Gasteiger partial charge in [-0.3, -0.25) is 4.68 Å². The highest BCUT2D eigenvalue weighted by Gasteiger charge is 2.05. The van der Waals surface area contributed by atoms with Crippen LogP contribution >= 0.6 is 35.3 Å². The Morgan fingerprint density at radius 2 is 2.14 bits per heavy atom. The summed E-state index contributed by atoms with van der Waals surface area (Å²) in [4.78, 5) is 10.4. The maximum atomic E-state index is 4.56. The normalized spacial score (nSPS) is 11.2. The number of aliphatic imine (C=N–C) groups is 1. The minimum Gasteiger partial charge on any atom is -0.357 e. The molecule has 8 heteroatoms. The van der Waals surface area contributed by atoms with Crippen molar-refractivity contribution in [3.8, 4) is 0 Å². The Balaban J connectivity index is 0.00000242. The minimum atomic E-state index is 0. The van der Waals surface area contributed by atoms with Crippen LogP contribution in [0.5, 0.6) is 0 Å². The number of hydrogen-bond donors (Lipinski definition) is 2. The Kier molecular flexibility index (Phi) is 7.80. The van der Waals surface area contributed by atoms with Crippen LogP contribution in [-0.2, 0) is 20.1 Å². The number of thiazole rings is 1. The molecule has 6 nitrogen and oxygen atoms in total. The first-order valence-corrected chi connectivity index (χ1v) is 7.82. The van der Waals surface area contributed by atoms with Crippen LogP contribution in [0.3, 0.4) is 0 Å². The first-order valence-electron chi connectivity index (χ1n) is 7.01. The van der Waals surface area contributed by atoms with Crippen molar-refractivity contribution in [2.75, 3.05) is 6.54 Å². The molecular formula is C14H23IN6S. The molecule has 0 atom stereocenters. The summed E-state index contributed by atoms with van der Waals surface area (Å²) in [6.45, 7) is 8.32. The second-order valence-electron chi connectivity index (χ2n) is 4.82. The fourth-order valence-corrected chi connectivity index (χ4v) is 2.71. The summed E-state index contributed by atoms with van der Waals surface area (Å²) in [5.74, 6) is 0.798. The Morgan fingerprint density at radius 1 is 1.36 bits per heavy atom. The molecule has 2 heterocycles. The third-order valence-electron chi connectivity index (χ3n) is 3.00. The number of guanidine groups is 1. The van der Waals surface area contributed by atoms with E-state index in [0.29, 0.717) is 13.1 Å². The predicted octanol–water partition coefficient (Wildman–Crippen LogP) is 2.37. The lowest BCUT2D eigenvalue weighted by Crippen LogP contribution is -2.36. The van der Waals surface area contributed by atoms with Crippen LogP contribution in [0.4, 0.5) is 0 Å². The monoisotopic (exact) mass is 434 g/mol. The maximum absolute atomic E-state index is 4.56. The molecule has 0 radical (unpaired) electrons. The minimum absolute atomic E-state index is 0. The summed E-state index contributed by atoms with van der Waals surface area (Å²) in [7, 11) is 1.91. The zero-order valence-corrected chi connectivity index (χ0v) is 16.5. The summed E-state index contributed by atoms with van der Waals surface area (Å²) < 4.78 is 1.78. The molecule has 0 saturated carbocycles. The van der Waals surface area contributed by atoms with Crippen molar-refractivity contribution in [3.05, 3.63) is 33.5 Å². The van der Waals surface area contributed by atoms with Gasteiger partial charge in [-0.2, -0.15) is 5.10 Å². The Hall–Kier alpha value is -1.16. The fraction of sp³-hybridized carbons (Fsp3) is 0.500. The summed E-state index contributed by atoms with van der Waals surface area (Å²) in [5, 5.41) is 11.8. The molecule has 0 aliphatic rings. The standard InChI is InChI=1S/C14H22N6S.HI/c1-5-15-14(16-6-12-7-18-20(4)9-12)17-8-13-19-10(2)11(3)21-13;/h7,9H,5-6,8H2,1-4H3,(H2,15,16,17);1H. The molecule has 22 heavy (non-hydrogen) atoms. The quantitative estimate of drug-likeness (QED) is 0.431. The van der Waals surface area contributed by atoms with E-state index in [4.69, 9.17) is 0 Å². The highest BCUT2D eigenvalue weighted by atomic mass is 127. The van der Waals surface area contributed by atoms with Crippen molar-refractivity contribution in [1.82, 2.24) is 25.4 Å². The van der Waals surface area contributed by atoms with Gasteiger partial charge in [0.1, 0.15) is 5.01 Å². The van der Waals surface area contributed by atoms with Crippen molar-refractivity contribution in [3.63, 3.8) is 0 Å². The van der Waals surface area contributed by atoms with Gasteiger partial charge in [-0.1, -0.05) is 0 Å². The highest BCUT2D eigenvalue weighted by molar-refractivity contribution is 14.0. The maximum Gasteiger partial charge on any atom is 0.191 e. The lowest BCUT2D eigenvalue weighted by Gasteiger charge is -2.09. The molecule has 0 bridgehead atoms. The van der Waals surface area contributed by atoms with E-state index in [1.165, 1.54) is 4.88 Å². The van der Waals surface area contributed by atoms with Gasteiger partial charge in [-0.15, -0.1) is 35.3 Å². The fourth-order valence-electron chi connectivity index (χ4n) is 1.84. The topological polar surface area (TPSA) is 67.1 Å². The molecule has 0 amide bonds. The van der Waals surface area contributed by atoms with E-state index in [1.54, 1.807) is 16.0 Å². The molecule has 0 unspecified atom stereocenters. The molecule has 2 aromatic heterocycles. The van der Waals surface area contributed by atoms with Gasteiger partial charge in [-0.25, -0.2) is 9.98 Å². The van der Waals surface area contributed by atoms with E-state index < -0.39 is 0 Å². The Labute approximate surface area is 152 Å². The molecule has 0 aliphatic carbocycles. The molecule has 2 aromatic rings. The molecule has 0 saturated heterocycles. The molecule has 0 aliphatic heterocycles. The highest BCUT2D eigenvalue weighted by Crippen LogP contribution is 2.15. The average Bonchev–Trinajstić information content (AvgIpc) is 3.00. The van der Waals surface area contributed by atoms with Crippen LogP contribution in [0.1, 0.15) is 28.1 Å². The first-order chi connectivity index (χ1) is 10.1. The molecule has 122 valence electrons. The lowest BCUT2D eigenvalue weighted by molar-refractivity contribution is 0.766. The van der Waals surface area contributed by atoms with Crippen molar-refractivity contribution >= 4 is 41.3 Å². The van der Waals surface area contributed by atoms with Gasteiger partial charge in [0.05, 0.1) is 25.0 Å². The number of aryl methyl sites for hydroxylation is 3. The van der Waals surface area contributed by atoms with Crippen LogP contribution < -0.4 is 10.6 Å². The number of halogens is 1. The predicted molar refractivity (Wildman–Crippen MR) is 102 cm³/mol. The van der Waals surface area contributed by atoms with Crippen LogP contribution in [0.25, 0.3) is 0 Å². The Bertz CT molecular complexity index is 599. The van der Waals surface area contributed by atoms with Crippen molar-refractivity contribution in [2.24, 2.45) is 12.0 Å². The van der Waals surface area contributed by atoms with E-state index in [2.05, 4.69) is 39.6 Å². The second-order valence-corrected chi connectivity index (χ2v) is 6.11. The molecule has 0 spiro atoms. The van der Waals surface area contributed by atoms with Crippen molar-refractivity contribution < 1.29 is 0 Å². The molecule has 2 rings (SSSR count). The molecule has 0 fully saturated rings. The lowest BCUT2D eigenvalue weighted by atomic mass is 10.4. The summed E-state index contributed by atoms with van der Waals surface area (Å²) in [5.41, 5.74) is 2.20. The summed E-state index contributed by atoms with van der Waals surface area (Å²) in [6, 6.07) is 0. The van der Waals surface area contributed by atoms with Crippen LogP contribution in [0.2, 0.25) is 0 Å². The Morgan fingerprint density at radius 3 is 2.68 bits per heavy atom. The first kappa shape index (κ1) is 18.9. The number of nitrogens with zero attached hydrogens (tertiary/aromatic N) is 4. The van der Waals surface area contributed by atoms with Crippen molar-refractivity contribution in [2.45, 2.75) is 33.9 Å². The van der Waals surface area contributed by atoms with E-state index in [0.717, 1.165) is 28.8 Å². The smallest absolute Gasteiger partial charge is 0.191 e. The SMILES string of the molecule is CCNC(=NCc1cnn(C)c1)NCc1nc(C)c(C)s1.I. The molecular weight excluding hydrogens is 411 g/mol. The van der Waals surface area contributed by atoms with Gasteiger partial charge >= 0.3 is 0 Å². The number of rotatable bonds is 5. The van der Waals surface area contributed by atoms with E-state index in [9.17, 15) is 0 Å². The summed E-state index contributed by atoms with van der Waals surface area (Å²) >= 11 is 1.72. The number of aromatic nitrogens is 3. The van der Waals surface area contributed by atoms with Crippen LogP contribution in [0, 0.1) is 13.8 Å². The third kappa shape index (κ3) is 5.56.